The predicted octanol–water partition coefficient (Wildman–Crippen LogP) is 3.76. The average molecular weight is 495 g/mol. The lowest BCUT2D eigenvalue weighted by Crippen LogP contribution is -2.32. The molecule has 0 unspecified atom stereocenters. The van der Waals surface area contributed by atoms with Crippen LogP contribution >= 0.6 is 11.6 Å². The topological polar surface area (TPSA) is 118 Å². The number of rotatable bonds is 8. The summed E-state index contributed by atoms with van der Waals surface area (Å²) in [6, 6.07) is 18.6. The van der Waals surface area contributed by atoms with Gasteiger partial charge in [-0.25, -0.2) is 5.43 Å². The Morgan fingerprint density at radius 3 is 2.43 bits per heavy atom. The molecule has 0 aromatic heterocycles. The monoisotopic (exact) mass is 494 g/mol. The number of methoxy groups -OCH3 is 1. The van der Waals surface area contributed by atoms with Gasteiger partial charge in [-0.05, 0) is 66.6 Å². The zero-order chi connectivity index (χ0) is 25.2. The number of ether oxygens (including phenoxy) is 2. The summed E-state index contributed by atoms with van der Waals surface area (Å²) in [6.45, 7) is 1.69. The highest BCUT2D eigenvalue weighted by Gasteiger charge is 2.14. The molecule has 9 nitrogen and oxygen atoms in total. The molecule has 180 valence electrons. The van der Waals surface area contributed by atoms with E-state index in [9.17, 15) is 14.4 Å². The number of carbonyl (C=O) groups is 3. The molecular weight excluding hydrogens is 472 g/mol. The second-order valence-corrected chi connectivity index (χ2v) is 7.63. The largest absolute Gasteiger partial charge is 0.495 e. The highest BCUT2D eigenvalue weighted by atomic mass is 35.5. The molecule has 3 N–H and O–H groups in total. The third kappa shape index (κ3) is 7.58. The number of hydrazone groups is 1. The van der Waals surface area contributed by atoms with Crippen molar-refractivity contribution in [3.8, 4) is 11.5 Å². The number of halogens is 1. The van der Waals surface area contributed by atoms with Crippen molar-refractivity contribution in [1.29, 1.82) is 0 Å². The number of carbonyl (C=O) groups excluding carboxylic acids is 3. The minimum atomic E-state index is -0.937. The smallest absolute Gasteiger partial charge is 0.329 e. The average Bonchev–Trinajstić information content (AvgIpc) is 2.86. The van der Waals surface area contributed by atoms with E-state index >= 15 is 0 Å². The third-order valence-corrected chi connectivity index (χ3v) is 5.05. The Balaban J connectivity index is 1.44. The van der Waals surface area contributed by atoms with E-state index < -0.39 is 11.8 Å². The summed E-state index contributed by atoms with van der Waals surface area (Å²) >= 11 is 6.06. The van der Waals surface area contributed by atoms with Crippen molar-refractivity contribution in [3.05, 3.63) is 82.9 Å². The Hall–Kier alpha value is -4.37. The molecule has 35 heavy (non-hydrogen) atoms. The number of nitrogens with zero attached hydrogens (tertiary/aromatic N) is 1. The van der Waals surface area contributed by atoms with Crippen LogP contribution < -0.4 is 25.5 Å². The van der Waals surface area contributed by atoms with Crippen LogP contribution in [0.2, 0.25) is 5.02 Å². The van der Waals surface area contributed by atoms with E-state index in [1.807, 2.05) is 13.0 Å². The summed E-state index contributed by atoms with van der Waals surface area (Å²) in [6.07, 6.45) is 1.37. The molecular formula is C25H23ClN4O5. The number of para-hydroxylation sites is 2. The Morgan fingerprint density at radius 1 is 0.971 bits per heavy atom. The second kappa shape index (κ2) is 12.2. The van der Waals surface area contributed by atoms with E-state index in [0.29, 0.717) is 33.5 Å². The molecule has 0 aliphatic rings. The van der Waals surface area contributed by atoms with Crippen molar-refractivity contribution in [2.45, 2.75) is 6.92 Å². The second-order valence-electron chi connectivity index (χ2n) is 7.22. The SMILES string of the molecule is COc1ccccc1NC(=O)C(=O)N/N=C\c1ccc(OCC(=O)Nc2ccc(C)c(Cl)c2)cc1. The fourth-order valence-corrected chi connectivity index (χ4v) is 2.99. The van der Waals surface area contributed by atoms with Gasteiger partial charge in [0.15, 0.2) is 6.61 Å². The van der Waals surface area contributed by atoms with Crippen LogP contribution in [-0.4, -0.2) is 37.7 Å². The molecule has 0 bridgehead atoms. The summed E-state index contributed by atoms with van der Waals surface area (Å²) in [5.74, 6) is -1.25. The van der Waals surface area contributed by atoms with Crippen molar-refractivity contribution < 1.29 is 23.9 Å². The van der Waals surface area contributed by atoms with Gasteiger partial charge in [-0.3, -0.25) is 14.4 Å². The first kappa shape index (κ1) is 25.3. The van der Waals surface area contributed by atoms with Crippen molar-refractivity contribution >= 4 is 46.9 Å². The van der Waals surface area contributed by atoms with Gasteiger partial charge >= 0.3 is 11.8 Å². The van der Waals surface area contributed by atoms with E-state index in [4.69, 9.17) is 21.1 Å². The van der Waals surface area contributed by atoms with E-state index in [2.05, 4.69) is 21.2 Å². The van der Waals surface area contributed by atoms with Crippen LogP contribution in [0.1, 0.15) is 11.1 Å². The molecule has 0 heterocycles. The van der Waals surface area contributed by atoms with Gasteiger partial charge in [0, 0.05) is 10.7 Å². The normalized spacial score (nSPS) is 10.5. The summed E-state index contributed by atoms with van der Waals surface area (Å²) in [5, 5.41) is 9.51. The molecule has 0 aliphatic heterocycles. The van der Waals surface area contributed by atoms with Gasteiger partial charge in [-0.2, -0.15) is 5.10 Å². The predicted molar refractivity (Wildman–Crippen MR) is 134 cm³/mol. The van der Waals surface area contributed by atoms with Crippen molar-refractivity contribution in [3.63, 3.8) is 0 Å². The molecule has 0 saturated carbocycles. The van der Waals surface area contributed by atoms with E-state index in [-0.39, 0.29) is 12.5 Å². The first-order valence-corrected chi connectivity index (χ1v) is 10.8. The van der Waals surface area contributed by atoms with Crippen LogP contribution in [-0.2, 0) is 14.4 Å². The first-order chi connectivity index (χ1) is 16.9. The number of aryl methyl sites for hydroxylation is 1. The molecule has 3 aromatic rings. The van der Waals surface area contributed by atoms with Crippen LogP contribution in [0.25, 0.3) is 0 Å². The lowest BCUT2D eigenvalue weighted by molar-refractivity contribution is -0.136. The Morgan fingerprint density at radius 2 is 1.71 bits per heavy atom. The minimum absolute atomic E-state index is 0.184. The van der Waals surface area contributed by atoms with Gasteiger partial charge in [-0.15, -0.1) is 0 Å². The van der Waals surface area contributed by atoms with E-state index in [1.54, 1.807) is 60.7 Å². The third-order valence-electron chi connectivity index (χ3n) is 4.65. The molecule has 3 aromatic carbocycles. The quantitative estimate of drug-likeness (QED) is 0.250. The number of benzene rings is 3. The fourth-order valence-electron chi connectivity index (χ4n) is 2.81. The maximum atomic E-state index is 12.1. The molecule has 3 amide bonds. The first-order valence-electron chi connectivity index (χ1n) is 10.4. The number of anilines is 2. The van der Waals surface area contributed by atoms with Crippen LogP contribution in [0, 0.1) is 6.92 Å². The molecule has 0 radical (unpaired) electrons. The minimum Gasteiger partial charge on any atom is -0.495 e. The fraction of sp³-hybridized carbons (Fsp3) is 0.120. The Bertz CT molecular complexity index is 1240. The summed E-state index contributed by atoms with van der Waals surface area (Å²) in [7, 11) is 1.46. The lowest BCUT2D eigenvalue weighted by Gasteiger charge is -2.09. The standard InChI is InChI=1S/C25H23ClN4O5/c1-16-7-10-18(13-20(16)26)28-23(31)15-35-19-11-8-17(9-12-19)14-27-30-25(33)24(32)29-21-5-3-4-6-22(21)34-2/h3-14H,15H2,1-2H3,(H,28,31)(H,29,32)(H,30,33)/b27-14-. The van der Waals surface area contributed by atoms with Gasteiger partial charge in [0.1, 0.15) is 11.5 Å². The van der Waals surface area contributed by atoms with Crippen LogP contribution in [0.4, 0.5) is 11.4 Å². The van der Waals surface area contributed by atoms with E-state index in [0.717, 1.165) is 5.56 Å². The molecule has 3 rings (SSSR count). The molecule has 0 aliphatic carbocycles. The van der Waals surface area contributed by atoms with Gasteiger partial charge in [0.2, 0.25) is 0 Å². The van der Waals surface area contributed by atoms with Gasteiger partial charge in [0.25, 0.3) is 5.91 Å². The zero-order valence-corrected chi connectivity index (χ0v) is 19.8. The Kier molecular flexibility index (Phi) is 8.80. The van der Waals surface area contributed by atoms with Crippen molar-refractivity contribution in [1.82, 2.24) is 5.43 Å². The van der Waals surface area contributed by atoms with Crippen molar-refractivity contribution in [2.75, 3.05) is 24.4 Å². The molecule has 0 spiro atoms. The highest BCUT2D eigenvalue weighted by Crippen LogP contribution is 2.23. The number of amides is 3. The zero-order valence-electron chi connectivity index (χ0n) is 19.0. The maximum Gasteiger partial charge on any atom is 0.329 e. The van der Waals surface area contributed by atoms with Crippen molar-refractivity contribution in [2.24, 2.45) is 5.10 Å². The molecule has 0 atom stereocenters. The number of hydrogen-bond donors (Lipinski definition) is 3. The lowest BCUT2D eigenvalue weighted by atomic mass is 10.2. The highest BCUT2D eigenvalue weighted by molar-refractivity contribution is 6.39. The molecule has 0 saturated heterocycles. The summed E-state index contributed by atoms with van der Waals surface area (Å²) in [5.41, 5.74) is 4.66. The number of nitrogens with one attached hydrogen (secondary N) is 3. The van der Waals surface area contributed by atoms with Crippen LogP contribution in [0.3, 0.4) is 0 Å². The van der Waals surface area contributed by atoms with Gasteiger partial charge in [-0.1, -0.05) is 29.8 Å². The molecule has 10 heteroatoms. The van der Waals surface area contributed by atoms with Gasteiger partial charge in [0.05, 0.1) is 19.0 Å². The van der Waals surface area contributed by atoms with Crippen LogP contribution in [0.5, 0.6) is 11.5 Å². The van der Waals surface area contributed by atoms with Crippen LogP contribution in [0.15, 0.2) is 71.8 Å². The van der Waals surface area contributed by atoms with Gasteiger partial charge < -0.3 is 20.1 Å². The summed E-state index contributed by atoms with van der Waals surface area (Å²) in [4.78, 5) is 36.1. The molecule has 0 fully saturated rings. The summed E-state index contributed by atoms with van der Waals surface area (Å²) < 4.78 is 10.6. The maximum absolute atomic E-state index is 12.1. The Labute approximate surface area is 207 Å². The van der Waals surface area contributed by atoms with E-state index in [1.165, 1.54) is 13.3 Å². The number of hydrogen-bond acceptors (Lipinski definition) is 6.